The van der Waals surface area contributed by atoms with Crippen molar-refractivity contribution in [3.63, 3.8) is 0 Å². The van der Waals surface area contributed by atoms with Crippen LogP contribution in [0.3, 0.4) is 0 Å². The monoisotopic (exact) mass is 299 g/mol. The topological polar surface area (TPSA) is 29.5 Å². The molecule has 1 aromatic carbocycles. The summed E-state index contributed by atoms with van der Waals surface area (Å²) in [5.74, 6) is 0.137. The van der Waals surface area contributed by atoms with Crippen molar-refractivity contribution in [2.75, 3.05) is 13.1 Å². The third kappa shape index (κ3) is 2.01. The fourth-order valence-corrected chi connectivity index (χ4v) is 4.22. The van der Waals surface area contributed by atoms with Crippen LogP contribution >= 0.6 is 11.3 Å². The molecule has 0 radical (unpaired) electrons. The first-order valence-electron chi connectivity index (χ1n) is 7.26. The number of carbonyl (C=O) groups is 1. The van der Waals surface area contributed by atoms with E-state index in [1.165, 1.54) is 16.0 Å². The zero-order valence-corrected chi connectivity index (χ0v) is 12.8. The molecule has 0 aliphatic carbocycles. The Hall–Kier alpha value is -1.65. The first kappa shape index (κ1) is 13.0. The number of amides is 1. The number of ether oxygens (including phenoxy) is 1. The van der Waals surface area contributed by atoms with Crippen molar-refractivity contribution in [3.8, 4) is 0 Å². The average Bonchev–Trinajstić information content (AvgIpc) is 3.20. The summed E-state index contributed by atoms with van der Waals surface area (Å²) < 4.78 is 6.10. The molecule has 1 spiro atoms. The molecule has 0 unspecified atom stereocenters. The molecule has 1 atom stereocenters. The third-order valence-electron chi connectivity index (χ3n) is 4.48. The van der Waals surface area contributed by atoms with E-state index in [-0.39, 0.29) is 11.5 Å². The number of fused-ring (bicyclic) bond motifs is 2. The normalized spacial score (nSPS) is 23.8. The quantitative estimate of drug-likeness (QED) is 0.808. The standard InChI is InChI=1S/C17H17NO2S/c1-12-6-7-15(21-12)16(19)18-9-8-17(11-18)14-5-3-2-4-13(14)10-20-17/h2-7H,8-11H2,1H3/t17-/m0/s1. The molecule has 2 aliphatic rings. The lowest BCUT2D eigenvalue weighted by molar-refractivity contribution is -0.0282. The van der Waals surface area contributed by atoms with Gasteiger partial charge in [0.1, 0.15) is 5.60 Å². The lowest BCUT2D eigenvalue weighted by atomic mass is 9.92. The van der Waals surface area contributed by atoms with Crippen LogP contribution in [0, 0.1) is 6.92 Å². The van der Waals surface area contributed by atoms with Gasteiger partial charge in [0.25, 0.3) is 5.91 Å². The van der Waals surface area contributed by atoms with Crippen LogP contribution in [0.15, 0.2) is 36.4 Å². The molecule has 3 nitrogen and oxygen atoms in total. The summed E-state index contributed by atoms with van der Waals surface area (Å²) in [6.07, 6.45) is 0.889. The molecule has 1 aromatic heterocycles. The van der Waals surface area contributed by atoms with E-state index in [0.29, 0.717) is 13.2 Å². The van der Waals surface area contributed by atoms with Gasteiger partial charge >= 0.3 is 0 Å². The second-order valence-corrected chi connectivity index (χ2v) is 7.12. The van der Waals surface area contributed by atoms with Gasteiger partial charge < -0.3 is 9.64 Å². The molecular weight excluding hydrogens is 282 g/mol. The maximum atomic E-state index is 12.6. The number of likely N-dealkylation sites (tertiary alicyclic amines) is 1. The molecular formula is C17H17NO2S. The predicted octanol–water partition coefficient (Wildman–Crippen LogP) is 3.33. The Balaban J connectivity index is 1.60. The van der Waals surface area contributed by atoms with Crippen LogP contribution in [0.25, 0.3) is 0 Å². The molecule has 21 heavy (non-hydrogen) atoms. The average molecular weight is 299 g/mol. The van der Waals surface area contributed by atoms with Gasteiger partial charge in [0, 0.05) is 11.4 Å². The number of aryl methyl sites for hydroxylation is 1. The van der Waals surface area contributed by atoms with E-state index in [1.807, 2.05) is 30.0 Å². The summed E-state index contributed by atoms with van der Waals surface area (Å²) in [6.45, 7) is 4.13. The Morgan fingerprint density at radius 2 is 2.14 bits per heavy atom. The van der Waals surface area contributed by atoms with Gasteiger partial charge in [-0.1, -0.05) is 24.3 Å². The molecule has 0 bridgehead atoms. The largest absolute Gasteiger partial charge is 0.364 e. The molecule has 2 aliphatic heterocycles. The van der Waals surface area contributed by atoms with Crippen molar-refractivity contribution < 1.29 is 9.53 Å². The van der Waals surface area contributed by atoms with Gasteiger partial charge in [0.05, 0.1) is 18.0 Å². The molecule has 1 saturated heterocycles. The Kier molecular flexibility index (Phi) is 2.91. The molecule has 4 heteroatoms. The van der Waals surface area contributed by atoms with Gasteiger partial charge in [-0.05, 0) is 36.6 Å². The van der Waals surface area contributed by atoms with Crippen molar-refractivity contribution in [1.82, 2.24) is 4.90 Å². The van der Waals surface area contributed by atoms with Crippen molar-refractivity contribution in [2.45, 2.75) is 25.6 Å². The highest BCUT2D eigenvalue weighted by Gasteiger charge is 2.46. The Morgan fingerprint density at radius 1 is 1.29 bits per heavy atom. The fourth-order valence-electron chi connectivity index (χ4n) is 3.38. The molecule has 0 saturated carbocycles. The van der Waals surface area contributed by atoms with Crippen LogP contribution in [0.2, 0.25) is 0 Å². The molecule has 1 amide bonds. The van der Waals surface area contributed by atoms with Gasteiger partial charge in [-0.2, -0.15) is 0 Å². The van der Waals surface area contributed by atoms with Crippen LogP contribution in [-0.4, -0.2) is 23.9 Å². The summed E-state index contributed by atoms with van der Waals surface area (Å²) in [5, 5.41) is 0. The summed E-state index contributed by atoms with van der Waals surface area (Å²) in [6, 6.07) is 12.3. The van der Waals surface area contributed by atoms with E-state index in [9.17, 15) is 4.79 Å². The second kappa shape index (κ2) is 4.68. The molecule has 1 fully saturated rings. The maximum absolute atomic E-state index is 12.6. The SMILES string of the molecule is Cc1ccc(C(=O)N2CC[C@@]3(C2)OCc2ccccc23)s1. The van der Waals surface area contributed by atoms with Crippen molar-refractivity contribution in [2.24, 2.45) is 0 Å². The minimum Gasteiger partial charge on any atom is -0.364 e. The van der Waals surface area contributed by atoms with Gasteiger partial charge in [-0.25, -0.2) is 0 Å². The van der Waals surface area contributed by atoms with E-state index < -0.39 is 0 Å². The molecule has 2 aromatic rings. The van der Waals surface area contributed by atoms with Gasteiger partial charge in [-0.3, -0.25) is 4.79 Å². The van der Waals surface area contributed by atoms with Crippen LogP contribution in [0.4, 0.5) is 0 Å². The highest BCUT2D eigenvalue weighted by atomic mass is 32.1. The highest BCUT2D eigenvalue weighted by molar-refractivity contribution is 7.13. The van der Waals surface area contributed by atoms with Gasteiger partial charge in [0.2, 0.25) is 0 Å². The number of carbonyl (C=O) groups excluding carboxylic acids is 1. The van der Waals surface area contributed by atoms with E-state index in [2.05, 4.69) is 18.2 Å². The van der Waals surface area contributed by atoms with E-state index in [0.717, 1.165) is 17.8 Å². The molecule has 0 N–H and O–H groups in total. The minimum atomic E-state index is -0.279. The first-order chi connectivity index (χ1) is 10.2. The smallest absolute Gasteiger partial charge is 0.264 e. The van der Waals surface area contributed by atoms with Crippen molar-refractivity contribution in [1.29, 1.82) is 0 Å². The number of benzene rings is 1. The van der Waals surface area contributed by atoms with E-state index in [4.69, 9.17) is 4.74 Å². The zero-order valence-electron chi connectivity index (χ0n) is 12.0. The lowest BCUT2D eigenvalue weighted by Crippen LogP contribution is -2.33. The second-order valence-electron chi connectivity index (χ2n) is 5.83. The number of hydrogen-bond acceptors (Lipinski definition) is 3. The predicted molar refractivity (Wildman–Crippen MR) is 82.5 cm³/mol. The Labute approximate surface area is 128 Å². The minimum absolute atomic E-state index is 0.137. The van der Waals surface area contributed by atoms with Crippen LogP contribution in [0.5, 0.6) is 0 Å². The third-order valence-corrected chi connectivity index (χ3v) is 5.47. The maximum Gasteiger partial charge on any atom is 0.264 e. The van der Waals surface area contributed by atoms with E-state index >= 15 is 0 Å². The van der Waals surface area contributed by atoms with Crippen LogP contribution < -0.4 is 0 Å². The molecule has 108 valence electrons. The zero-order chi connectivity index (χ0) is 14.4. The van der Waals surface area contributed by atoms with E-state index in [1.54, 1.807) is 11.3 Å². The summed E-state index contributed by atoms with van der Waals surface area (Å²) in [7, 11) is 0. The lowest BCUT2D eigenvalue weighted by Gasteiger charge is -2.24. The van der Waals surface area contributed by atoms with Gasteiger partial charge in [0.15, 0.2) is 0 Å². The van der Waals surface area contributed by atoms with Crippen molar-refractivity contribution in [3.05, 3.63) is 57.3 Å². The number of hydrogen-bond donors (Lipinski definition) is 0. The van der Waals surface area contributed by atoms with Crippen LogP contribution in [-0.2, 0) is 16.9 Å². The number of rotatable bonds is 1. The first-order valence-corrected chi connectivity index (χ1v) is 8.08. The molecule has 3 heterocycles. The van der Waals surface area contributed by atoms with Crippen molar-refractivity contribution >= 4 is 17.2 Å². The highest BCUT2D eigenvalue weighted by Crippen LogP contribution is 2.43. The fraction of sp³-hybridized carbons (Fsp3) is 0.353. The number of nitrogens with zero attached hydrogens (tertiary/aromatic N) is 1. The number of thiophene rings is 1. The summed E-state index contributed by atoms with van der Waals surface area (Å²) in [4.78, 5) is 16.5. The molecule has 4 rings (SSSR count). The van der Waals surface area contributed by atoms with Gasteiger partial charge in [-0.15, -0.1) is 11.3 Å². The Bertz CT molecular complexity index is 708. The Morgan fingerprint density at radius 3 is 2.95 bits per heavy atom. The van der Waals surface area contributed by atoms with Crippen LogP contribution in [0.1, 0.15) is 32.1 Å². The summed E-state index contributed by atoms with van der Waals surface area (Å²) >= 11 is 1.57. The summed E-state index contributed by atoms with van der Waals surface area (Å²) in [5.41, 5.74) is 2.25.